The summed E-state index contributed by atoms with van der Waals surface area (Å²) in [5.41, 5.74) is 8.82. The fourth-order valence-corrected chi connectivity index (χ4v) is 3.76. The standard InChI is InChI=1S/C12H12ClN5O3S/c13-8-3-1-7(2-4-8)9-5-15-17-11(9)22(19,20)6-10-16-18-12(14)21-10/h1-4,9,15H,5-6H2,(H2,14,18). The van der Waals surface area contributed by atoms with Crippen molar-refractivity contribution in [3.05, 3.63) is 40.7 Å². The van der Waals surface area contributed by atoms with E-state index in [9.17, 15) is 8.42 Å². The number of benzene rings is 1. The lowest BCUT2D eigenvalue weighted by Crippen LogP contribution is -2.23. The van der Waals surface area contributed by atoms with Crippen LogP contribution in [0.3, 0.4) is 0 Å². The first-order valence-corrected chi connectivity index (χ1v) is 8.35. The van der Waals surface area contributed by atoms with Crippen molar-refractivity contribution in [1.29, 1.82) is 0 Å². The molecule has 3 N–H and O–H groups in total. The lowest BCUT2D eigenvalue weighted by atomic mass is 10.0. The predicted octanol–water partition coefficient (Wildman–Crippen LogP) is 0.921. The summed E-state index contributed by atoms with van der Waals surface area (Å²) in [6.45, 7) is 0.391. The number of anilines is 1. The van der Waals surface area contributed by atoms with Crippen LogP contribution in [0.15, 0.2) is 33.8 Å². The van der Waals surface area contributed by atoms with Crippen LogP contribution in [0.4, 0.5) is 6.01 Å². The Bertz CT molecular complexity index is 816. The third kappa shape index (κ3) is 2.90. The van der Waals surface area contributed by atoms with Gasteiger partial charge in [-0.3, -0.25) is 0 Å². The van der Waals surface area contributed by atoms with Crippen molar-refractivity contribution in [3.63, 3.8) is 0 Å². The molecule has 1 aliphatic heterocycles. The quantitative estimate of drug-likeness (QED) is 0.850. The highest BCUT2D eigenvalue weighted by Crippen LogP contribution is 2.26. The van der Waals surface area contributed by atoms with Gasteiger partial charge < -0.3 is 15.6 Å². The van der Waals surface area contributed by atoms with Gasteiger partial charge in [0.15, 0.2) is 5.04 Å². The summed E-state index contributed by atoms with van der Waals surface area (Å²) in [4.78, 5) is 0. The van der Waals surface area contributed by atoms with E-state index in [1.165, 1.54) is 0 Å². The van der Waals surface area contributed by atoms with E-state index in [-0.39, 0.29) is 22.9 Å². The van der Waals surface area contributed by atoms with Crippen LogP contribution >= 0.6 is 11.6 Å². The fourth-order valence-electron chi connectivity index (χ4n) is 2.18. The van der Waals surface area contributed by atoms with Gasteiger partial charge in [-0.15, -0.1) is 5.10 Å². The van der Waals surface area contributed by atoms with Gasteiger partial charge in [0.05, 0.1) is 5.92 Å². The molecular formula is C12H12ClN5O3S. The number of halogens is 1. The summed E-state index contributed by atoms with van der Waals surface area (Å²) in [7, 11) is -3.70. The van der Waals surface area contributed by atoms with Crippen molar-refractivity contribution in [3.8, 4) is 0 Å². The molecule has 1 unspecified atom stereocenters. The molecule has 0 saturated heterocycles. The third-order valence-electron chi connectivity index (χ3n) is 3.17. The summed E-state index contributed by atoms with van der Waals surface area (Å²) in [6, 6.07) is 6.79. The van der Waals surface area contributed by atoms with Gasteiger partial charge in [-0.25, -0.2) is 8.42 Å². The molecule has 10 heteroatoms. The van der Waals surface area contributed by atoms with E-state index >= 15 is 0 Å². The van der Waals surface area contributed by atoms with Crippen molar-refractivity contribution >= 4 is 32.5 Å². The third-order valence-corrected chi connectivity index (χ3v) is 5.06. The van der Waals surface area contributed by atoms with Gasteiger partial charge in [0, 0.05) is 11.6 Å². The SMILES string of the molecule is Nc1nnc(CS(=O)(=O)C2=NNCC2c2ccc(Cl)cc2)o1. The highest BCUT2D eigenvalue weighted by atomic mass is 35.5. The van der Waals surface area contributed by atoms with Crippen LogP contribution in [-0.2, 0) is 15.6 Å². The zero-order valence-electron chi connectivity index (χ0n) is 11.2. The predicted molar refractivity (Wildman–Crippen MR) is 81.0 cm³/mol. The van der Waals surface area contributed by atoms with Crippen molar-refractivity contribution < 1.29 is 12.8 Å². The van der Waals surface area contributed by atoms with Crippen LogP contribution in [0.1, 0.15) is 17.4 Å². The Morgan fingerprint density at radius 1 is 1.32 bits per heavy atom. The van der Waals surface area contributed by atoms with Gasteiger partial charge in [-0.1, -0.05) is 28.8 Å². The normalized spacial score (nSPS) is 18.0. The average Bonchev–Trinajstić information content (AvgIpc) is 3.09. The molecule has 0 aliphatic carbocycles. The van der Waals surface area contributed by atoms with Gasteiger partial charge in [0.25, 0.3) is 0 Å². The van der Waals surface area contributed by atoms with Crippen molar-refractivity contribution in [1.82, 2.24) is 15.6 Å². The van der Waals surface area contributed by atoms with Gasteiger partial charge in [0.2, 0.25) is 15.7 Å². The molecule has 22 heavy (non-hydrogen) atoms. The molecule has 8 nitrogen and oxygen atoms in total. The maximum absolute atomic E-state index is 12.5. The van der Waals surface area contributed by atoms with Gasteiger partial charge in [0.1, 0.15) is 5.75 Å². The van der Waals surface area contributed by atoms with E-state index in [2.05, 4.69) is 20.7 Å². The number of nitrogen functional groups attached to an aromatic ring is 1. The molecule has 2 aromatic rings. The maximum atomic E-state index is 12.5. The van der Waals surface area contributed by atoms with Gasteiger partial charge in [-0.2, -0.15) is 5.10 Å². The lowest BCUT2D eigenvalue weighted by Gasteiger charge is -2.12. The number of sulfone groups is 1. The van der Waals surface area contributed by atoms with E-state index in [4.69, 9.17) is 21.8 Å². The summed E-state index contributed by atoms with van der Waals surface area (Å²) >= 11 is 5.85. The number of hydrogen-bond donors (Lipinski definition) is 2. The first-order valence-electron chi connectivity index (χ1n) is 6.32. The number of hydrogen-bond acceptors (Lipinski definition) is 8. The summed E-state index contributed by atoms with van der Waals surface area (Å²) in [5.74, 6) is -0.897. The minimum Gasteiger partial charge on any atom is -0.407 e. The monoisotopic (exact) mass is 341 g/mol. The number of rotatable bonds is 3. The van der Waals surface area contributed by atoms with Crippen molar-refractivity contribution in [2.45, 2.75) is 11.7 Å². The Morgan fingerprint density at radius 2 is 2.05 bits per heavy atom. The van der Waals surface area contributed by atoms with Crippen molar-refractivity contribution in [2.75, 3.05) is 12.3 Å². The second-order valence-electron chi connectivity index (χ2n) is 4.71. The van der Waals surface area contributed by atoms with Crippen LogP contribution in [0.25, 0.3) is 0 Å². The minimum absolute atomic E-state index is 0.0339. The molecule has 0 fully saturated rings. The van der Waals surface area contributed by atoms with Crippen LogP contribution in [-0.4, -0.2) is 30.2 Å². The molecule has 0 spiro atoms. The number of aromatic nitrogens is 2. The molecular weight excluding hydrogens is 330 g/mol. The number of nitrogens with two attached hydrogens (primary N) is 1. The molecule has 3 rings (SSSR count). The molecule has 0 radical (unpaired) electrons. The van der Waals surface area contributed by atoms with Crippen LogP contribution in [0.5, 0.6) is 0 Å². The van der Waals surface area contributed by atoms with Crippen LogP contribution in [0, 0.1) is 0 Å². The molecule has 1 aromatic heterocycles. The zero-order valence-corrected chi connectivity index (χ0v) is 12.8. The number of nitrogens with zero attached hydrogens (tertiary/aromatic N) is 3. The zero-order chi connectivity index (χ0) is 15.7. The molecule has 2 heterocycles. The van der Waals surface area contributed by atoms with Gasteiger partial charge >= 0.3 is 6.01 Å². The average molecular weight is 342 g/mol. The molecule has 1 atom stereocenters. The molecule has 1 aliphatic rings. The second-order valence-corrected chi connectivity index (χ2v) is 7.08. The Balaban J connectivity index is 1.87. The first kappa shape index (κ1) is 14.8. The summed E-state index contributed by atoms with van der Waals surface area (Å²) < 4.78 is 29.9. The highest BCUT2D eigenvalue weighted by molar-refractivity contribution is 8.05. The lowest BCUT2D eigenvalue weighted by molar-refractivity contribution is 0.524. The number of nitrogens with one attached hydrogen (secondary N) is 1. The van der Waals surface area contributed by atoms with Crippen molar-refractivity contribution in [2.24, 2.45) is 5.10 Å². The summed E-state index contributed by atoms with van der Waals surface area (Å²) in [6.07, 6.45) is 0. The highest BCUT2D eigenvalue weighted by Gasteiger charge is 2.34. The minimum atomic E-state index is -3.70. The molecule has 116 valence electrons. The van der Waals surface area contributed by atoms with Gasteiger partial charge in [-0.05, 0) is 17.7 Å². The smallest absolute Gasteiger partial charge is 0.312 e. The Morgan fingerprint density at radius 3 is 2.68 bits per heavy atom. The number of hydrazone groups is 1. The maximum Gasteiger partial charge on any atom is 0.312 e. The van der Waals surface area contributed by atoms with E-state index in [1.54, 1.807) is 24.3 Å². The largest absolute Gasteiger partial charge is 0.407 e. The van der Waals surface area contributed by atoms with E-state index < -0.39 is 15.6 Å². The molecule has 0 bridgehead atoms. The Labute approximate surface area is 131 Å². The van der Waals surface area contributed by atoms with E-state index in [0.717, 1.165) is 5.56 Å². The second kappa shape index (κ2) is 5.58. The first-order chi connectivity index (χ1) is 10.5. The van der Waals surface area contributed by atoms with E-state index in [1.807, 2.05) is 0 Å². The fraction of sp³-hybridized carbons (Fsp3) is 0.250. The van der Waals surface area contributed by atoms with Crippen LogP contribution in [0.2, 0.25) is 5.02 Å². The summed E-state index contributed by atoms with van der Waals surface area (Å²) in [5, 5.41) is 11.5. The Kier molecular flexibility index (Phi) is 3.75. The topological polar surface area (TPSA) is 123 Å². The molecule has 0 amide bonds. The van der Waals surface area contributed by atoms with E-state index in [0.29, 0.717) is 11.6 Å². The molecule has 1 aromatic carbocycles. The van der Waals surface area contributed by atoms with Crippen LogP contribution < -0.4 is 11.2 Å². The molecule has 0 saturated carbocycles. The Hall–Kier alpha value is -2.13.